The Morgan fingerprint density at radius 2 is 1.42 bits per heavy atom. The molecule has 0 radical (unpaired) electrons. The summed E-state index contributed by atoms with van der Waals surface area (Å²) in [4.78, 5) is 60.9. The van der Waals surface area contributed by atoms with Gasteiger partial charge in [-0.25, -0.2) is 4.79 Å². The zero-order valence-corrected chi connectivity index (χ0v) is 19.9. The largest absolute Gasteiger partial charge is 0.480 e. The van der Waals surface area contributed by atoms with Gasteiger partial charge < -0.3 is 38.3 Å². The maximum atomic E-state index is 12.9. The van der Waals surface area contributed by atoms with E-state index in [1.54, 1.807) is 27.7 Å². The van der Waals surface area contributed by atoms with E-state index in [4.69, 9.17) is 17.2 Å². The van der Waals surface area contributed by atoms with Crippen molar-refractivity contribution in [1.82, 2.24) is 16.0 Å². The van der Waals surface area contributed by atoms with Crippen molar-refractivity contribution in [3.8, 4) is 0 Å². The van der Waals surface area contributed by atoms with Gasteiger partial charge in [-0.15, -0.1) is 0 Å². The molecule has 0 aromatic rings. The maximum Gasteiger partial charge on any atom is 0.326 e. The van der Waals surface area contributed by atoms with E-state index in [1.165, 1.54) is 0 Å². The summed E-state index contributed by atoms with van der Waals surface area (Å²) in [7, 11) is 0. The Hall–Kier alpha value is -2.73. The Morgan fingerprint density at radius 1 is 0.848 bits per heavy atom. The van der Waals surface area contributed by atoms with E-state index in [9.17, 15) is 29.1 Å². The third kappa shape index (κ3) is 12.2. The number of nitrogens with one attached hydrogen (secondary N) is 3. The average molecular weight is 473 g/mol. The van der Waals surface area contributed by atoms with Gasteiger partial charge in [0.2, 0.25) is 23.6 Å². The predicted molar refractivity (Wildman–Crippen MR) is 122 cm³/mol. The number of carboxylic acid groups (broad SMARTS) is 1. The molecule has 0 aromatic carbocycles. The first-order chi connectivity index (χ1) is 15.3. The van der Waals surface area contributed by atoms with Gasteiger partial charge in [0.1, 0.15) is 18.1 Å². The molecule has 12 nitrogen and oxygen atoms in total. The number of hydrogen-bond acceptors (Lipinski definition) is 7. The summed E-state index contributed by atoms with van der Waals surface area (Å²) in [6.45, 7) is 7.45. The highest BCUT2D eigenvalue weighted by Crippen LogP contribution is 2.08. The van der Waals surface area contributed by atoms with Gasteiger partial charge in [0.15, 0.2) is 0 Å². The zero-order valence-electron chi connectivity index (χ0n) is 19.9. The minimum Gasteiger partial charge on any atom is -0.480 e. The molecule has 0 saturated heterocycles. The molecule has 4 atom stereocenters. The number of carbonyl (C=O) groups excluding carboxylic acids is 4. The van der Waals surface area contributed by atoms with Crippen LogP contribution in [0.25, 0.3) is 0 Å². The van der Waals surface area contributed by atoms with Crippen LogP contribution >= 0.6 is 0 Å². The monoisotopic (exact) mass is 472 g/mol. The number of nitrogens with two attached hydrogens (primary N) is 3. The number of carboxylic acids is 1. The minimum atomic E-state index is -1.40. The Balaban J connectivity index is 5.36. The third-order valence-electron chi connectivity index (χ3n) is 4.91. The highest BCUT2D eigenvalue weighted by atomic mass is 16.4. The molecule has 12 heteroatoms. The number of primary amides is 1. The lowest BCUT2D eigenvalue weighted by atomic mass is 10.0. The Labute approximate surface area is 194 Å². The van der Waals surface area contributed by atoms with Crippen molar-refractivity contribution in [2.24, 2.45) is 29.0 Å². The molecule has 0 aliphatic rings. The second-order valence-corrected chi connectivity index (χ2v) is 8.88. The van der Waals surface area contributed by atoms with Gasteiger partial charge in [-0.3, -0.25) is 19.2 Å². The van der Waals surface area contributed by atoms with Crippen LogP contribution in [0.3, 0.4) is 0 Å². The van der Waals surface area contributed by atoms with E-state index in [-0.39, 0.29) is 18.3 Å². The van der Waals surface area contributed by atoms with Crippen LogP contribution in [0.1, 0.15) is 59.8 Å². The molecular formula is C21H40N6O6. The normalized spacial score (nSPS) is 14.8. The summed E-state index contributed by atoms with van der Waals surface area (Å²) < 4.78 is 0. The van der Waals surface area contributed by atoms with Crippen LogP contribution in [0.4, 0.5) is 0 Å². The van der Waals surface area contributed by atoms with Gasteiger partial charge in [0.25, 0.3) is 0 Å². The predicted octanol–water partition coefficient (Wildman–Crippen LogP) is -1.44. The molecule has 0 fully saturated rings. The Bertz CT molecular complexity index is 684. The summed E-state index contributed by atoms with van der Waals surface area (Å²) in [5.74, 6) is -4.59. The first-order valence-electron chi connectivity index (χ1n) is 11.2. The van der Waals surface area contributed by atoms with Crippen LogP contribution < -0.4 is 33.2 Å². The second kappa shape index (κ2) is 15.2. The molecule has 0 aliphatic carbocycles. The summed E-state index contributed by atoms with van der Waals surface area (Å²) in [6, 6.07) is -4.47. The van der Waals surface area contributed by atoms with Crippen molar-refractivity contribution in [1.29, 1.82) is 0 Å². The topological polar surface area (TPSA) is 220 Å². The first kappa shape index (κ1) is 30.3. The molecule has 0 spiro atoms. The lowest BCUT2D eigenvalue weighted by Crippen LogP contribution is -2.59. The summed E-state index contributed by atoms with van der Waals surface area (Å²) >= 11 is 0. The maximum absolute atomic E-state index is 12.9. The summed E-state index contributed by atoms with van der Waals surface area (Å²) in [5, 5.41) is 16.7. The minimum absolute atomic E-state index is 0.0230. The molecule has 0 bridgehead atoms. The lowest BCUT2D eigenvalue weighted by Gasteiger charge is -2.26. The second-order valence-electron chi connectivity index (χ2n) is 8.88. The third-order valence-corrected chi connectivity index (χ3v) is 4.91. The molecule has 4 unspecified atom stereocenters. The van der Waals surface area contributed by atoms with Crippen LogP contribution in [0.5, 0.6) is 0 Å². The highest BCUT2D eigenvalue weighted by Gasteiger charge is 2.32. The molecular weight excluding hydrogens is 432 g/mol. The van der Waals surface area contributed by atoms with Gasteiger partial charge in [-0.2, -0.15) is 0 Å². The van der Waals surface area contributed by atoms with Crippen LogP contribution in [0.15, 0.2) is 0 Å². The SMILES string of the molecule is CC(C)CC(NC(=O)C(CC(N)=O)NC(=O)C(NC(=O)C(N)CCCCN)C(C)C)C(=O)O. The first-order valence-corrected chi connectivity index (χ1v) is 11.2. The van der Waals surface area contributed by atoms with Crippen molar-refractivity contribution >= 4 is 29.6 Å². The molecule has 0 saturated carbocycles. The number of rotatable bonds is 16. The van der Waals surface area contributed by atoms with Gasteiger partial charge in [0.05, 0.1) is 12.5 Å². The van der Waals surface area contributed by atoms with E-state index in [2.05, 4.69) is 16.0 Å². The number of unbranched alkanes of at least 4 members (excludes halogenated alkanes) is 1. The van der Waals surface area contributed by atoms with Gasteiger partial charge in [0, 0.05) is 0 Å². The Kier molecular flexibility index (Phi) is 13.9. The van der Waals surface area contributed by atoms with Gasteiger partial charge >= 0.3 is 5.97 Å². The number of aliphatic carboxylic acids is 1. The average Bonchev–Trinajstić information content (AvgIpc) is 2.69. The van der Waals surface area contributed by atoms with Crippen molar-refractivity contribution < 1.29 is 29.1 Å². The van der Waals surface area contributed by atoms with E-state index in [0.717, 1.165) is 0 Å². The molecule has 190 valence electrons. The quantitative estimate of drug-likeness (QED) is 0.131. The van der Waals surface area contributed by atoms with Gasteiger partial charge in [-0.1, -0.05) is 34.1 Å². The molecule has 0 heterocycles. The van der Waals surface area contributed by atoms with Crippen LogP contribution in [0, 0.1) is 11.8 Å². The lowest BCUT2D eigenvalue weighted by molar-refractivity contribution is -0.143. The fraction of sp³-hybridized carbons (Fsp3) is 0.762. The summed E-state index contributed by atoms with van der Waals surface area (Å²) in [5.41, 5.74) is 16.5. The highest BCUT2D eigenvalue weighted by molar-refractivity contribution is 5.96. The number of hydrogen-bond donors (Lipinski definition) is 7. The molecule has 10 N–H and O–H groups in total. The van der Waals surface area contributed by atoms with Crippen molar-refractivity contribution in [3.63, 3.8) is 0 Å². The smallest absolute Gasteiger partial charge is 0.326 e. The number of amides is 4. The zero-order chi connectivity index (χ0) is 25.7. The fourth-order valence-corrected chi connectivity index (χ4v) is 3.07. The standard InChI is InChI=1S/C21H40N6O6/c1-11(2)9-15(21(32)33)26-19(30)14(10-16(24)28)25-20(31)17(12(3)4)27-18(29)13(23)7-5-6-8-22/h11-15,17H,5-10,22-23H2,1-4H3,(H2,24,28)(H,25,31)(H,26,30)(H,27,29)(H,32,33). The molecule has 33 heavy (non-hydrogen) atoms. The fourth-order valence-electron chi connectivity index (χ4n) is 3.07. The van der Waals surface area contributed by atoms with Crippen molar-refractivity contribution in [2.75, 3.05) is 6.54 Å². The van der Waals surface area contributed by atoms with E-state index >= 15 is 0 Å². The molecule has 0 rings (SSSR count). The molecule has 4 amide bonds. The Morgan fingerprint density at radius 3 is 1.88 bits per heavy atom. The number of carbonyl (C=O) groups is 5. The van der Waals surface area contributed by atoms with Crippen LogP contribution in [-0.4, -0.2) is 65.4 Å². The summed E-state index contributed by atoms with van der Waals surface area (Å²) in [6.07, 6.45) is 1.39. The van der Waals surface area contributed by atoms with Crippen molar-refractivity contribution in [2.45, 2.75) is 84.0 Å². The van der Waals surface area contributed by atoms with E-state index in [1.807, 2.05) is 0 Å². The molecule has 0 aliphatic heterocycles. The van der Waals surface area contributed by atoms with E-state index in [0.29, 0.717) is 25.8 Å². The molecule has 0 aromatic heterocycles. The van der Waals surface area contributed by atoms with Gasteiger partial charge in [-0.05, 0) is 37.6 Å². The van der Waals surface area contributed by atoms with Crippen LogP contribution in [-0.2, 0) is 24.0 Å². The van der Waals surface area contributed by atoms with Crippen LogP contribution in [0.2, 0.25) is 0 Å². The van der Waals surface area contributed by atoms with E-state index < -0.39 is 60.2 Å². The van der Waals surface area contributed by atoms with Crippen molar-refractivity contribution in [3.05, 3.63) is 0 Å².